The number of aryl methyl sites for hydroxylation is 2. The first-order valence-electron chi connectivity index (χ1n) is 6.81. The molecule has 2 rings (SSSR count). The fourth-order valence-electron chi connectivity index (χ4n) is 2.01. The Morgan fingerprint density at radius 1 is 1.30 bits per heavy atom. The van der Waals surface area contributed by atoms with E-state index < -0.39 is 0 Å². The van der Waals surface area contributed by atoms with E-state index in [2.05, 4.69) is 38.2 Å². The highest BCUT2D eigenvalue weighted by Crippen LogP contribution is 2.11. The quantitative estimate of drug-likeness (QED) is 0.835. The van der Waals surface area contributed by atoms with Gasteiger partial charge in [0, 0.05) is 18.4 Å². The first-order valence-corrected chi connectivity index (χ1v) is 6.81. The van der Waals surface area contributed by atoms with Gasteiger partial charge in [-0.3, -0.25) is 4.98 Å². The van der Waals surface area contributed by atoms with Crippen molar-refractivity contribution in [1.29, 1.82) is 0 Å². The second kappa shape index (κ2) is 6.79. The van der Waals surface area contributed by atoms with Crippen molar-refractivity contribution in [2.24, 2.45) is 0 Å². The van der Waals surface area contributed by atoms with Gasteiger partial charge in [0.1, 0.15) is 5.82 Å². The molecule has 6 nitrogen and oxygen atoms in total. The molecular weight excluding hydrogens is 252 g/mol. The highest BCUT2D eigenvalue weighted by Gasteiger charge is 2.09. The van der Waals surface area contributed by atoms with E-state index in [-0.39, 0.29) is 5.95 Å². The summed E-state index contributed by atoms with van der Waals surface area (Å²) in [6.07, 6.45) is 6.64. The highest BCUT2D eigenvalue weighted by molar-refractivity contribution is 5.31. The van der Waals surface area contributed by atoms with Crippen molar-refractivity contribution in [3.63, 3.8) is 0 Å². The van der Waals surface area contributed by atoms with Crippen LogP contribution in [0.25, 0.3) is 0 Å². The largest absolute Gasteiger partial charge is 0.368 e. The van der Waals surface area contributed by atoms with Crippen LogP contribution in [0.4, 0.5) is 11.9 Å². The molecule has 0 bridgehead atoms. The van der Waals surface area contributed by atoms with Crippen LogP contribution in [-0.2, 0) is 6.42 Å². The predicted molar refractivity (Wildman–Crippen MR) is 79.2 cm³/mol. The SMILES string of the molecule is CCC(CCc1cccnc1)Nc1nc(C)nc(N)n1. The van der Waals surface area contributed by atoms with Crippen molar-refractivity contribution in [3.8, 4) is 0 Å². The zero-order valence-electron chi connectivity index (χ0n) is 11.9. The van der Waals surface area contributed by atoms with E-state index in [1.54, 1.807) is 13.1 Å². The minimum Gasteiger partial charge on any atom is -0.368 e. The number of hydrogen-bond donors (Lipinski definition) is 2. The Morgan fingerprint density at radius 3 is 2.80 bits per heavy atom. The van der Waals surface area contributed by atoms with Gasteiger partial charge in [-0.05, 0) is 37.8 Å². The number of hydrogen-bond acceptors (Lipinski definition) is 6. The van der Waals surface area contributed by atoms with Crippen LogP contribution >= 0.6 is 0 Å². The molecule has 3 N–H and O–H groups in total. The number of nitrogens with zero attached hydrogens (tertiary/aromatic N) is 4. The molecule has 0 aliphatic heterocycles. The number of nitrogens with one attached hydrogen (secondary N) is 1. The number of aromatic nitrogens is 4. The summed E-state index contributed by atoms with van der Waals surface area (Å²) in [5.74, 6) is 1.43. The maximum absolute atomic E-state index is 5.63. The molecule has 0 aromatic carbocycles. The zero-order valence-corrected chi connectivity index (χ0v) is 11.9. The van der Waals surface area contributed by atoms with Crippen LogP contribution in [0.5, 0.6) is 0 Å². The molecule has 0 aliphatic carbocycles. The molecule has 0 saturated heterocycles. The maximum atomic E-state index is 5.63. The molecule has 2 heterocycles. The van der Waals surface area contributed by atoms with E-state index in [9.17, 15) is 0 Å². The van der Waals surface area contributed by atoms with Gasteiger partial charge in [0.05, 0.1) is 0 Å². The van der Waals surface area contributed by atoms with Crippen molar-refractivity contribution < 1.29 is 0 Å². The molecule has 0 fully saturated rings. The molecule has 0 saturated carbocycles. The normalized spacial score (nSPS) is 12.1. The summed E-state index contributed by atoms with van der Waals surface area (Å²) in [7, 11) is 0. The van der Waals surface area contributed by atoms with Crippen LogP contribution < -0.4 is 11.1 Å². The van der Waals surface area contributed by atoms with Crippen LogP contribution in [0.15, 0.2) is 24.5 Å². The van der Waals surface area contributed by atoms with Crippen LogP contribution in [-0.4, -0.2) is 26.0 Å². The topological polar surface area (TPSA) is 89.6 Å². The van der Waals surface area contributed by atoms with E-state index in [4.69, 9.17) is 5.73 Å². The molecule has 20 heavy (non-hydrogen) atoms. The lowest BCUT2D eigenvalue weighted by molar-refractivity contribution is 0.626. The molecule has 2 aromatic rings. The molecular formula is C14H20N6. The third kappa shape index (κ3) is 4.15. The number of pyridine rings is 1. The van der Waals surface area contributed by atoms with Crippen LogP contribution in [0.1, 0.15) is 31.2 Å². The van der Waals surface area contributed by atoms with Crippen LogP contribution in [0.2, 0.25) is 0 Å². The van der Waals surface area contributed by atoms with Gasteiger partial charge in [-0.25, -0.2) is 0 Å². The summed E-state index contributed by atoms with van der Waals surface area (Å²) in [5, 5.41) is 3.32. The first-order chi connectivity index (χ1) is 9.67. The van der Waals surface area contributed by atoms with E-state index in [1.165, 1.54) is 5.56 Å². The monoisotopic (exact) mass is 272 g/mol. The molecule has 0 aliphatic rings. The summed E-state index contributed by atoms with van der Waals surface area (Å²) in [5.41, 5.74) is 6.87. The van der Waals surface area contributed by atoms with E-state index >= 15 is 0 Å². The Labute approximate surface area is 118 Å². The van der Waals surface area contributed by atoms with Crippen LogP contribution in [0, 0.1) is 6.92 Å². The smallest absolute Gasteiger partial charge is 0.227 e. The Hall–Kier alpha value is -2.24. The summed E-state index contributed by atoms with van der Waals surface area (Å²) >= 11 is 0. The number of anilines is 2. The summed E-state index contributed by atoms with van der Waals surface area (Å²) in [6.45, 7) is 3.94. The minimum absolute atomic E-state index is 0.252. The second-order valence-electron chi connectivity index (χ2n) is 4.71. The summed E-state index contributed by atoms with van der Waals surface area (Å²) < 4.78 is 0. The van der Waals surface area contributed by atoms with Gasteiger partial charge in [0.15, 0.2) is 0 Å². The lowest BCUT2D eigenvalue weighted by Gasteiger charge is -2.17. The molecule has 0 amide bonds. The molecule has 1 atom stereocenters. The fraction of sp³-hybridized carbons (Fsp3) is 0.429. The third-order valence-electron chi connectivity index (χ3n) is 3.09. The maximum Gasteiger partial charge on any atom is 0.227 e. The lowest BCUT2D eigenvalue weighted by atomic mass is 10.1. The minimum atomic E-state index is 0.252. The number of rotatable bonds is 6. The van der Waals surface area contributed by atoms with Crippen molar-refractivity contribution in [2.75, 3.05) is 11.1 Å². The fourth-order valence-corrected chi connectivity index (χ4v) is 2.01. The van der Waals surface area contributed by atoms with Crippen molar-refractivity contribution >= 4 is 11.9 Å². The number of nitrogens with two attached hydrogens (primary N) is 1. The highest BCUT2D eigenvalue weighted by atomic mass is 15.2. The Kier molecular flexibility index (Phi) is 4.81. The average molecular weight is 272 g/mol. The molecule has 106 valence electrons. The summed E-state index contributed by atoms with van der Waals surface area (Å²) in [6, 6.07) is 4.35. The standard InChI is InChI=1S/C14H20N6/c1-3-12(7-6-11-5-4-8-16-9-11)19-14-18-10(2)17-13(15)20-14/h4-5,8-9,12H,3,6-7H2,1-2H3,(H3,15,17,18,19,20). The van der Waals surface area contributed by atoms with Gasteiger partial charge in [-0.1, -0.05) is 13.0 Å². The second-order valence-corrected chi connectivity index (χ2v) is 4.71. The van der Waals surface area contributed by atoms with Gasteiger partial charge >= 0.3 is 0 Å². The molecule has 6 heteroatoms. The average Bonchev–Trinajstić information content (AvgIpc) is 2.43. The molecule has 2 aromatic heterocycles. The summed E-state index contributed by atoms with van der Waals surface area (Å²) in [4.78, 5) is 16.5. The lowest BCUT2D eigenvalue weighted by Crippen LogP contribution is -2.21. The first kappa shape index (κ1) is 14.2. The molecule has 0 spiro atoms. The molecule has 1 unspecified atom stereocenters. The van der Waals surface area contributed by atoms with E-state index in [1.807, 2.05) is 12.3 Å². The van der Waals surface area contributed by atoms with Gasteiger partial charge in [-0.2, -0.15) is 15.0 Å². The van der Waals surface area contributed by atoms with Crippen LogP contribution in [0.3, 0.4) is 0 Å². The van der Waals surface area contributed by atoms with E-state index in [0.29, 0.717) is 17.8 Å². The zero-order chi connectivity index (χ0) is 14.4. The van der Waals surface area contributed by atoms with Crippen molar-refractivity contribution in [3.05, 3.63) is 35.9 Å². The molecule has 0 radical (unpaired) electrons. The Morgan fingerprint density at radius 2 is 2.15 bits per heavy atom. The third-order valence-corrected chi connectivity index (χ3v) is 3.09. The van der Waals surface area contributed by atoms with Crippen molar-refractivity contribution in [2.45, 2.75) is 39.2 Å². The Bertz CT molecular complexity index is 522. The van der Waals surface area contributed by atoms with Gasteiger partial charge in [0.2, 0.25) is 11.9 Å². The van der Waals surface area contributed by atoms with Gasteiger partial charge in [-0.15, -0.1) is 0 Å². The Balaban J connectivity index is 1.95. The van der Waals surface area contributed by atoms with Crippen molar-refractivity contribution in [1.82, 2.24) is 19.9 Å². The number of nitrogen functional groups attached to an aromatic ring is 1. The predicted octanol–water partition coefficient (Wildman–Crippen LogP) is 1.98. The van der Waals surface area contributed by atoms with Gasteiger partial charge < -0.3 is 11.1 Å². The van der Waals surface area contributed by atoms with E-state index in [0.717, 1.165) is 19.3 Å². The van der Waals surface area contributed by atoms with Gasteiger partial charge in [0.25, 0.3) is 0 Å².